The first-order valence-electron chi connectivity index (χ1n) is 5.72. The summed E-state index contributed by atoms with van der Waals surface area (Å²) < 4.78 is 0. The second kappa shape index (κ2) is 6.79. The number of nitrogen functional groups attached to an aromatic ring is 2. The Hall–Kier alpha value is -3.02. The Morgan fingerprint density at radius 2 is 0.950 bits per heavy atom. The van der Waals surface area contributed by atoms with E-state index in [1.54, 1.807) is 48.5 Å². The predicted octanol–water partition coefficient (Wildman–Crippen LogP) is 0.735. The average Bonchev–Trinajstić information content (AvgIpc) is 2.40. The number of hydrogen-bond donors (Lipinski definition) is 4. The maximum Gasteiger partial charge on any atom is 0.250 e. The third kappa shape index (κ3) is 4.02. The third-order valence-corrected chi connectivity index (χ3v) is 2.45. The highest BCUT2D eigenvalue weighted by Crippen LogP contribution is 2.08. The molecule has 0 heterocycles. The highest BCUT2D eigenvalue weighted by Gasteiger charge is 2.02. The van der Waals surface area contributed by atoms with Crippen molar-refractivity contribution in [2.45, 2.75) is 0 Å². The summed E-state index contributed by atoms with van der Waals surface area (Å²) in [5.74, 6) is -0.976. The Balaban J connectivity index is 0.000000200. The van der Waals surface area contributed by atoms with E-state index in [0.29, 0.717) is 22.5 Å². The van der Waals surface area contributed by atoms with Crippen molar-refractivity contribution >= 4 is 23.2 Å². The molecule has 0 spiro atoms. The van der Waals surface area contributed by atoms with Crippen LogP contribution in [0.3, 0.4) is 0 Å². The SMILES string of the molecule is NC(=O)c1ccccc1N.NC(=O)c1ccccc1N. The smallest absolute Gasteiger partial charge is 0.250 e. The minimum Gasteiger partial charge on any atom is -0.398 e. The van der Waals surface area contributed by atoms with Crippen LogP contribution in [0, 0.1) is 0 Å². The van der Waals surface area contributed by atoms with Gasteiger partial charge >= 0.3 is 0 Å². The molecule has 0 fully saturated rings. The van der Waals surface area contributed by atoms with E-state index in [1.165, 1.54) is 0 Å². The van der Waals surface area contributed by atoms with Gasteiger partial charge in [-0.05, 0) is 24.3 Å². The summed E-state index contributed by atoms with van der Waals surface area (Å²) in [6.07, 6.45) is 0. The van der Waals surface area contributed by atoms with Crippen molar-refractivity contribution < 1.29 is 9.59 Å². The number of anilines is 2. The van der Waals surface area contributed by atoms with Crippen LogP contribution in [0.15, 0.2) is 48.5 Å². The Kier molecular flexibility index (Phi) is 5.11. The number of rotatable bonds is 2. The maximum atomic E-state index is 10.6. The van der Waals surface area contributed by atoms with Gasteiger partial charge in [0.25, 0.3) is 11.8 Å². The Morgan fingerprint density at radius 3 is 1.15 bits per heavy atom. The lowest BCUT2D eigenvalue weighted by atomic mass is 10.2. The van der Waals surface area contributed by atoms with Gasteiger partial charge in [-0.3, -0.25) is 9.59 Å². The van der Waals surface area contributed by atoms with Crippen LogP contribution in [0.1, 0.15) is 20.7 Å². The van der Waals surface area contributed by atoms with E-state index in [4.69, 9.17) is 22.9 Å². The van der Waals surface area contributed by atoms with Gasteiger partial charge < -0.3 is 22.9 Å². The van der Waals surface area contributed by atoms with Gasteiger partial charge in [0.2, 0.25) is 0 Å². The van der Waals surface area contributed by atoms with Crippen molar-refractivity contribution in [3.63, 3.8) is 0 Å². The summed E-state index contributed by atoms with van der Waals surface area (Å²) in [7, 11) is 0. The molecule has 0 aliphatic rings. The molecule has 6 nitrogen and oxygen atoms in total. The number of para-hydroxylation sites is 2. The van der Waals surface area contributed by atoms with Crippen molar-refractivity contribution in [3.05, 3.63) is 59.7 Å². The minimum atomic E-state index is -0.488. The lowest BCUT2D eigenvalue weighted by Crippen LogP contribution is -2.12. The van der Waals surface area contributed by atoms with Crippen molar-refractivity contribution in [3.8, 4) is 0 Å². The van der Waals surface area contributed by atoms with Gasteiger partial charge in [-0.2, -0.15) is 0 Å². The molecule has 20 heavy (non-hydrogen) atoms. The molecular formula is C14H16N4O2. The molecule has 104 valence electrons. The summed E-state index contributed by atoms with van der Waals surface area (Å²) in [6.45, 7) is 0. The van der Waals surface area contributed by atoms with Gasteiger partial charge in [0.1, 0.15) is 0 Å². The van der Waals surface area contributed by atoms with Gasteiger partial charge in [0.05, 0.1) is 11.1 Å². The first-order valence-corrected chi connectivity index (χ1v) is 5.72. The number of carbonyl (C=O) groups excluding carboxylic acids is 2. The van der Waals surface area contributed by atoms with Gasteiger partial charge in [-0.15, -0.1) is 0 Å². The van der Waals surface area contributed by atoms with E-state index in [2.05, 4.69) is 0 Å². The molecule has 2 aromatic carbocycles. The highest BCUT2D eigenvalue weighted by atomic mass is 16.1. The molecule has 0 saturated heterocycles. The number of nitrogens with two attached hydrogens (primary N) is 4. The lowest BCUT2D eigenvalue weighted by molar-refractivity contribution is 0.0992. The van der Waals surface area contributed by atoms with E-state index in [-0.39, 0.29) is 0 Å². The van der Waals surface area contributed by atoms with E-state index < -0.39 is 11.8 Å². The third-order valence-electron chi connectivity index (χ3n) is 2.45. The molecule has 0 radical (unpaired) electrons. The van der Waals surface area contributed by atoms with Crippen molar-refractivity contribution in [2.24, 2.45) is 11.5 Å². The van der Waals surface area contributed by atoms with Crippen LogP contribution < -0.4 is 22.9 Å². The van der Waals surface area contributed by atoms with Crippen LogP contribution in [0.4, 0.5) is 11.4 Å². The van der Waals surface area contributed by atoms with Gasteiger partial charge in [-0.25, -0.2) is 0 Å². The first kappa shape index (κ1) is 15.0. The molecule has 0 saturated carbocycles. The number of benzene rings is 2. The summed E-state index contributed by atoms with van der Waals surface area (Å²) in [4.78, 5) is 21.1. The van der Waals surface area contributed by atoms with Gasteiger partial charge in [0, 0.05) is 11.4 Å². The van der Waals surface area contributed by atoms with Crippen molar-refractivity contribution in [2.75, 3.05) is 11.5 Å². The quantitative estimate of drug-likeness (QED) is 0.598. The van der Waals surface area contributed by atoms with Crippen LogP contribution in [0.2, 0.25) is 0 Å². The van der Waals surface area contributed by atoms with Gasteiger partial charge in [-0.1, -0.05) is 24.3 Å². The molecule has 0 aromatic heterocycles. The zero-order chi connectivity index (χ0) is 15.1. The number of carbonyl (C=O) groups is 2. The Morgan fingerprint density at radius 1 is 0.650 bits per heavy atom. The number of amides is 2. The molecule has 2 aromatic rings. The predicted molar refractivity (Wildman–Crippen MR) is 78.7 cm³/mol. The van der Waals surface area contributed by atoms with Crippen LogP contribution in [-0.4, -0.2) is 11.8 Å². The van der Waals surface area contributed by atoms with Crippen molar-refractivity contribution in [1.29, 1.82) is 0 Å². The Labute approximate surface area is 116 Å². The second-order valence-corrected chi connectivity index (χ2v) is 3.90. The van der Waals surface area contributed by atoms with Crippen LogP contribution >= 0.6 is 0 Å². The molecule has 2 rings (SSSR count). The summed E-state index contributed by atoms with van der Waals surface area (Å²) in [5, 5.41) is 0. The second-order valence-electron chi connectivity index (χ2n) is 3.90. The molecule has 0 bridgehead atoms. The topological polar surface area (TPSA) is 138 Å². The van der Waals surface area contributed by atoms with E-state index in [1.807, 2.05) is 0 Å². The summed E-state index contributed by atoms with van der Waals surface area (Å²) in [5.41, 5.74) is 22.4. The molecular weight excluding hydrogens is 256 g/mol. The molecule has 0 aliphatic carbocycles. The number of primary amides is 2. The molecule has 0 aliphatic heterocycles. The summed E-state index contributed by atoms with van der Waals surface area (Å²) >= 11 is 0. The van der Waals surface area contributed by atoms with E-state index >= 15 is 0 Å². The lowest BCUT2D eigenvalue weighted by Gasteiger charge is -1.97. The van der Waals surface area contributed by atoms with Crippen LogP contribution in [-0.2, 0) is 0 Å². The zero-order valence-electron chi connectivity index (χ0n) is 10.7. The number of hydrogen-bond acceptors (Lipinski definition) is 4. The Bertz CT molecular complexity index is 571. The molecule has 8 N–H and O–H groups in total. The molecule has 0 unspecified atom stereocenters. The minimum absolute atomic E-state index is 0.377. The van der Waals surface area contributed by atoms with Crippen LogP contribution in [0.25, 0.3) is 0 Å². The fourth-order valence-electron chi connectivity index (χ4n) is 1.44. The first-order chi connectivity index (χ1) is 9.43. The molecule has 2 amide bonds. The monoisotopic (exact) mass is 272 g/mol. The molecule has 6 heteroatoms. The largest absolute Gasteiger partial charge is 0.398 e. The molecule has 0 atom stereocenters. The zero-order valence-corrected chi connectivity index (χ0v) is 10.7. The fourth-order valence-corrected chi connectivity index (χ4v) is 1.44. The van der Waals surface area contributed by atoms with E-state index in [9.17, 15) is 9.59 Å². The standard InChI is InChI=1S/2C7H8N2O/c2*8-6-4-2-1-3-5(6)7(9)10/h2*1-4H,8H2,(H2,9,10). The highest BCUT2D eigenvalue weighted by molar-refractivity contribution is 5.98. The van der Waals surface area contributed by atoms with Gasteiger partial charge in [0.15, 0.2) is 0 Å². The van der Waals surface area contributed by atoms with Crippen molar-refractivity contribution in [1.82, 2.24) is 0 Å². The summed E-state index contributed by atoms with van der Waals surface area (Å²) in [6, 6.07) is 13.4. The van der Waals surface area contributed by atoms with E-state index in [0.717, 1.165) is 0 Å². The average molecular weight is 272 g/mol. The van der Waals surface area contributed by atoms with Crippen LogP contribution in [0.5, 0.6) is 0 Å². The fraction of sp³-hybridized carbons (Fsp3) is 0. The normalized spacial score (nSPS) is 9.20. The maximum absolute atomic E-state index is 10.6.